The summed E-state index contributed by atoms with van der Waals surface area (Å²) >= 11 is 5.65. The molecule has 0 N–H and O–H groups in total. The summed E-state index contributed by atoms with van der Waals surface area (Å²) in [7, 11) is 1.46. The first-order valence-corrected chi connectivity index (χ1v) is 5.22. The monoisotopic (exact) mass is 231 g/mol. The minimum absolute atomic E-state index is 0.0762. The fourth-order valence-electron chi connectivity index (χ4n) is 0.986. The molecule has 84 valence electrons. The summed E-state index contributed by atoms with van der Waals surface area (Å²) in [6.45, 7) is 2.71. The van der Waals surface area contributed by atoms with E-state index in [0.717, 1.165) is 19.3 Å². The predicted octanol–water partition coefficient (Wildman–Crippen LogP) is 2.10. The molecular weight excluding hydrogens is 218 g/mol. The second-order valence-corrected chi connectivity index (χ2v) is 3.27. The molecule has 1 aromatic rings. The molecule has 0 saturated carbocycles. The molecule has 0 fully saturated rings. The Bertz CT molecular complexity index is 309. The van der Waals surface area contributed by atoms with E-state index in [2.05, 4.69) is 21.9 Å². The summed E-state index contributed by atoms with van der Waals surface area (Å²) in [5.74, 6) is 0. The van der Waals surface area contributed by atoms with E-state index < -0.39 is 0 Å². The van der Waals surface area contributed by atoms with Gasteiger partial charge in [-0.1, -0.05) is 19.8 Å². The van der Waals surface area contributed by atoms with Crippen molar-refractivity contribution in [2.45, 2.75) is 26.2 Å². The van der Waals surface area contributed by atoms with Gasteiger partial charge in [0.15, 0.2) is 0 Å². The molecule has 0 saturated heterocycles. The molecule has 1 heterocycles. The second kappa shape index (κ2) is 6.40. The van der Waals surface area contributed by atoms with E-state index in [0.29, 0.717) is 6.61 Å². The number of ether oxygens (including phenoxy) is 2. The largest absolute Gasteiger partial charge is 0.467 e. The molecular formula is C9H14ClN3O2. The molecule has 0 unspecified atom stereocenters. The van der Waals surface area contributed by atoms with Gasteiger partial charge >= 0.3 is 12.0 Å². The predicted molar refractivity (Wildman–Crippen MR) is 56.4 cm³/mol. The van der Waals surface area contributed by atoms with E-state index in [-0.39, 0.29) is 17.3 Å². The van der Waals surface area contributed by atoms with E-state index >= 15 is 0 Å². The highest BCUT2D eigenvalue weighted by Crippen LogP contribution is 2.12. The zero-order valence-electron chi connectivity index (χ0n) is 8.86. The summed E-state index contributed by atoms with van der Waals surface area (Å²) in [5.41, 5.74) is 0. The molecule has 0 aromatic carbocycles. The van der Waals surface area contributed by atoms with Gasteiger partial charge in [0, 0.05) is 0 Å². The number of rotatable bonds is 6. The lowest BCUT2D eigenvalue weighted by Crippen LogP contribution is -2.03. The van der Waals surface area contributed by atoms with Crippen LogP contribution < -0.4 is 9.47 Å². The van der Waals surface area contributed by atoms with Gasteiger partial charge in [0.2, 0.25) is 5.28 Å². The van der Waals surface area contributed by atoms with Crippen LogP contribution in [0.1, 0.15) is 26.2 Å². The lowest BCUT2D eigenvalue weighted by Gasteiger charge is -2.04. The van der Waals surface area contributed by atoms with Crippen molar-refractivity contribution in [3.8, 4) is 12.0 Å². The Labute approximate surface area is 93.8 Å². The maximum Gasteiger partial charge on any atom is 0.323 e. The number of aromatic nitrogens is 3. The second-order valence-electron chi connectivity index (χ2n) is 2.93. The third kappa shape index (κ3) is 4.29. The minimum Gasteiger partial charge on any atom is -0.467 e. The lowest BCUT2D eigenvalue weighted by molar-refractivity contribution is 0.272. The molecule has 0 radical (unpaired) electrons. The third-order valence-corrected chi connectivity index (χ3v) is 1.90. The van der Waals surface area contributed by atoms with Crippen molar-refractivity contribution in [3.63, 3.8) is 0 Å². The first kappa shape index (κ1) is 12.0. The number of hydrogen-bond donors (Lipinski definition) is 0. The fourth-order valence-corrected chi connectivity index (χ4v) is 1.13. The van der Waals surface area contributed by atoms with Crippen LogP contribution in [0.15, 0.2) is 0 Å². The highest BCUT2D eigenvalue weighted by Gasteiger charge is 2.05. The Morgan fingerprint density at radius 1 is 1.13 bits per heavy atom. The first-order chi connectivity index (χ1) is 7.26. The Hall–Kier alpha value is -1.10. The molecule has 15 heavy (non-hydrogen) atoms. The van der Waals surface area contributed by atoms with Crippen LogP contribution in [-0.2, 0) is 0 Å². The molecule has 0 bridgehead atoms. The van der Waals surface area contributed by atoms with Gasteiger partial charge in [0.05, 0.1) is 13.7 Å². The third-order valence-electron chi connectivity index (χ3n) is 1.73. The van der Waals surface area contributed by atoms with Crippen molar-refractivity contribution < 1.29 is 9.47 Å². The molecule has 1 rings (SSSR count). The van der Waals surface area contributed by atoms with Gasteiger partial charge < -0.3 is 9.47 Å². The number of methoxy groups -OCH3 is 1. The molecule has 1 aromatic heterocycles. The molecule has 0 aliphatic carbocycles. The summed E-state index contributed by atoms with van der Waals surface area (Å²) in [5, 5.41) is 0.0762. The highest BCUT2D eigenvalue weighted by atomic mass is 35.5. The summed E-state index contributed by atoms with van der Waals surface area (Å²) in [6, 6.07) is 0.378. The number of unbranched alkanes of at least 4 members (excludes halogenated alkanes) is 2. The number of nitrogens with zero attached hydrogens (tertiary/aromatic N) is 3. The van der Waals surface area contributed by atoms with Gasteiger partial charge in [0.25, 0.3) is 0 Å². The molecule has 0 atom stereocenters. The Morgan fingerprint density at radius 2 is 1.87 bits per heavy atom. The van der Waals surface area contributed by atoms with Gasteiger partial charge in [-0.15, -0.1) is 4.98 Å². The molecule has 0 aliphatic heterocycles. The zero-order chi connectivity index (χ0) is 11.1. The first-order valence-electron chi connectivity index (χ1n) is 4.84. The molecule has 0 aliphatic rings. The van der Waals surface area contributed by atoms with Crippen molar-refractivity contribution in [1.82, 2.24) is 15.0 Å². The molecule has 0 spiro atoms. The summed E-state index contributed by atoms with van der Waals surface area (Å²) in [4.78, 5) is 11.5. The molecule has 5 nitrogen and oxygen atoms in total. The van der Waals surface area contributed by atoms with Gasteiger partial charge in [0.1, 0.15) is 0 Å². The average molecular weight is 232 g/mol. The van der Waals surface area contributed by atoms with Crippen LogP contribution >= 0.6 is 11.6 Å². The van der Waals surface area contributed by atoms with E-state index in [1.807, 2.05) is 0 Å². The van der Waals surface area contributed by atoms with E-state index in [4.69, 9.17) is 21.1 Å². The SMILES string of the molecule is CCCCCOc1nc(Cl)nc(OC)n1. The van der Waals surface area contributed by atoms with Crippen molar-refractivity contribution in [2.75, 3.05) is 13.7 Å². The van der Waals surface area contributed by atoms with Gasteiger partial charge in [-0.2, -0.15) is 9.97 Å². The van der Waals surface area contributed by atoms with E-state index in [1.165, 1.54) is 7.11 Å². The van der Waals surface area contributed by atoms with Crippen molar-refractivity contribution in [2.24, 2.45) is 0 Å². The van der Waals surface area contributed by atoms with Gasteiger partial charge in [-0.05, 0) is 18.0 Å². The molecule has 0 amide bonds. The van der Waals surface area contributed by atoms with Crippen molar-refractivity contribution in [3.05, 3.63) is 5.28 Å². The highest BCUT2D eigenvalue weighted by molar-refractivity contribution is 6.28. The van der Waals surface area contributed by atoms with Crippen LogP contribution in [-0.4, -0.2) is 28.7 Å². The molecule has 6 heteroatoms. The van der Waals surface area contributed by atoms with Crippen LogP contribution in [0, 0.1) is 0 Å². The normalized spacial score (nSPS) is 10.1. The Kier molecular flexibility index (Phi) is 5.10. The smallest absolute Gasteiger partial charge is 0.323 e. The van der Waals surface area contributed by atoms with E-state index in [9.17, 15) is 0 Å². The van der Waals surface area contributed by atoms with Crippen LogP contribution in [0.4, 0.5) is 0 Å². The quantitative estimate of drug-likeness (QED) is 0.702. The minimum atomic E-state index is 0.0762. The lowest BCUT2D eigenvalue weighted by atomic mass is 10.3. The summed E-state index contributed by atoms with van der Waals surface area (Å²) < 4.78 is 10.1. The maximum absolute atomic E-state index is 5.65. The van der Waals surface area contributed by atoms with E-state index in [1.54, 1.807) is 0 Å². The standard InChI is InChI=1S/C9H14ClN3O2/c1-3-4-5-6-15-9-12-7(10)11-8(13-9)14-2/h3-6H2,1-2H3. The zero-order valence-corrected chi connectivity index (χ0v) is 9.62. The number of halogens is 1. The number of hydrogen-bond acceptors (Lipinski definition) is 5. The van der Waals surface area contributed by atoms with Gasteiger partial charge in [-0.25, -0.2) is 0 Å². The summed E-state index contributed by atoms with van der Waals surface area (Å²) in [6.07, 6.45) is 3.24. The van der Waals surface area contributed by atoms with Crippen molar-refractivity contribution >= 4 is 11.6 Å². The Balaban J connectivity index is 2.49. The average Bonchev–Trinajstić information content (AvgIpc) is 2.23. The topological polar surface area (TPSA) is 57.1 Å². The maximum atomic E-state index is 5.65. The van der Waals surface area contributed by atoms with Crippen LogP contribution in [0.5, 0.6) is 12.0 Å². The fraction of sp³-hybridized carbons (Fsp3) is 0.667. The van der Waals surface area contributed by atoms with Crippen LogP contribution in [0.3, 0.4) is 0 Å². The van der Waals surface area contributed by atoms with Crippen LogP contribution in [0.2, 0.25) is 5.28 Å². The van der Waals surface area contributed by atoms with Gasteiger partial charge in [-0.3, -0.25) is 0 Å². The Morgan fingerprint density at radius 3 is 2.53 bits per heavy atom. The van der Waals surface area contributed by atoms with Crippen molar-refractivity contribution in [1.29, 1.82) is 0 Å². The van der Waals surface area contributed by atoms with Crippen LogP contribution in [0.25, 0.3) is 0 Å².